The summed E-state index contributed by atoms with van der Waals surface area (Å²) in [7, 11) is 0. The third-order valence-corrected chi connectivity index (χ3v) is 4.29. The van der Waals surface area contributed by atoms with Crippen molar-refractivity contribution in [3.8, 4) is 11.1 Å². The minimum Gasteiger partial charge on any atom is -0.0584 e. The Morgan fingerprint density at radius 2 is 1.29 bits per heavy atom. The minimum absolute atomic E-state index is 1.32. The molecule has 0 unspecified atom stereocenters. The van der Waals surface area contributed by atoms with Crippen molar-refractivity contribution < 1.29 is 0 Å². The fourth-order valence-corrected chi connectivity index (χ4v) is 2.85. The van der Waals surface area contributed by atoms with Crippen molar-refractivity contribution in [1.29, 1.82) is 0 Å². The summed E-state index contributed by atoms with van der Waals surface area (Å²) < 4.78 is 1.33. The fourth-order valence-electron chi connectivity index (χ4n) is 1.91. The highest BCUT2D eigenvalue weighted by Gasteiger charge is 2.06. The Morgan fingerprint density at radius 1 is 0.706 bits per heavy atom. The topological polar surface area (TPSA) is 0 Å². The van der Waals surface area contributed by atoms with Crippen LogP contribution in [0.4, 0.5) is 0 Å². The molecule has 0 bridgehead atoms. The van der Waals surface area contributed by atoms with Crippen LogP contribution >= 0.6 is 22.6 Å². The molecule has 0 radical (unpaired) electrons. The second-order valence-electron chi connectivity index (χ2n) is 4.72. The van der Waals surface area contributed by atoms with Crippen LogP contribution < -0.4 is 0 Å². The summed E-state index contributed by atoms with van der Waals surface area (Å²) in [6.45, 7) is 8.68. The van der Waals surface area contributed by atoms with Crippen molar-refractivity contribution in [2.75, 3.05) is 0 Å². The Labute approximate surface area is 117 Å². The lowest BCUT2D eigenvalue weighted by Gasteiger charge is -2.10. The Hall–Kier alpha value is -0.830. The highest BCUT2D eigenvalue weighted by Crippen LogP contribution is 2.29. The van der Waals surface area contributed by atoms with Gasteiger partial charge in [-0.1, -0.05) is 24.3 Å². The Morgan fingerprint density at radius 3 is 1.94 bits per heavy atom. The molecule has 0 aliphatic carbocycles. The van der Waals surface area contributed by atoms with E-state index in [1.807, 2.05) is 0 Å². The zero-order chi connectivity index (χ0) is 12.6. The standard InChI is InChI=1S/C16H17I/c1-10-5-6-14(7-11(10)2)15-8-12(3)13(4)9-16(15)17/h5-9H,1-4H3. The summed E-state index contributed by atoms with van der Waals surface area (Å²) in [6.07, 6.45) is 0. The summed E-state index contributed by atoms with van der Waals surface area (Å²) in [5.74, 6) is 0. The molecule has 1 heteroatoms. The van der Waals surface area contributed by atoms with Crippen molar-refractivity contribution in [3.05, 3.63) is 56.2 Å². The van der Waals surface area contributed by atoms with Crippen molar-refractivity contribution in [2.45, 2.75) is 27.7 Å². The molecule has 0 saturated carbocycles. The van der Waals surface area contributed by atoms with E-state index < -0.39 is 0 Å². The molecule has 0 N–H and O–H groups in total. The van der Waals surface area contributed by atoms with Crippen LogP contribution in [0.5, 0.6) is 0 Å². The Balaban J connectivity index is 2.60. The quantitative estimate of drug-likeness (QED) is 0.629. The molecular formula is C16H17I. The summed E-state index contributed by atoms with van der Waals surface area (Å²) in [6, 6.07) is 11.3. The molecule has 0 fully saturated rings. The van der Waals surface area contributed by atoms with E-state index in [4.69, 9.17) is 0 Å². The van der Waals surface area contributed by atoms with E-state index in [1.54, 1.807) is 0 Å². The van der Waals surface area contributed by atoms with Crippen LogP contribution in [0.1, 0.15) is 22.3 Å². The average Bonchev–Trinajstić information content (AvgIpc) is 2.27. The molecule has 0 aliphatic rings. The van der Waals surface area contributed by atoms with Gasteiger partial charge in [0.15, 0.2) is 0 Å². The van der Waals surface area contributed by atoms with Gasteiger partial charge in [-0.05, 0) is 89.7 Å². The maximum absolute atomic E-state index is 2.43. The van der Waals surface area contributed by atoms with Crippen molar-refractivity contribution in [3.63, 3.8) is 0 Å². The molecule has 0 aromatic heterocycles. The molecule has 2 rings (SSSR count). The first-order chi connectivity index (χ1) is 7.99. The smallest absolute Gasteiger partial charge is 0.0211 e. The van der Waals surface area contributed by atoms with Crippen LogP contribution in [0, 0.1) is 31.3 Å². The molecule has 0 nitrogen and oxygen atoms in total. The van der Waals surface area contributed by atoms with Crippen LogP contribution in [0.2, 0.25) is 0 Å². The van der Waals surface area contributed by atoms with Crippen LogP contribution in [0.15, 0.2) is 30.3 Å². The van der Waals surface area contributed by atoms with E-state index in [2.05, 4.69) is 80.6 Å². The molecule has 0 heterocycles. The van der Waals surface area contributed by atoms with Gasteiger partial charge in [-0.3, -0.25) is 0 Å². The zero-order valence-electron chi connectivity index (χ0n) is 10.8. The first-order valence-electron chi connectivity index (χ1n) is 5.83. The van der Waals surface area contributed by atoms with Crippen LogP contribution in [-0.2, 0) is 0 Å². The Kier molecular flexibility index (Phi) is 3.57. The summed E-state index contributed by atoms with van der Waals surface area (Å²) in [4.78, 5) is 0. The normalized spacial score (nSPS) is 10.6. The fraction of sp³-hybridized carbons (Fsp3) is 0.250. The van der Waals surface area contributed by atoms with Crippen molar-refractivity contribution >= 4 is 22.6 Å². The maximum Gasteiger partial charge on any atom is 0.0211 e. The lowest BCUT2D eigenvalue weighted by atomic mass is 9.97. The summed E-state index contributed by atoms with van der Waals surface area (Å²) in [5.41, 5.74) is 8.10. The highest BCUT2D eigenvalue weighted by atomic mass is 127. The van der Waals surface area contributed by atoms with Crippen LogP contribution in [0.25, 0.3) is 11.1 Å². The van der Waals surface area contributed by atoms with E-state index in [0.29, 0.717) is 0 Å². The lowest BCUT2D eigenvalue weighted by Crippen LogP contribution is -1.90. The third kappa shape index (κ3) is 2.54. The van der Waals surface area contributed by atoms with Crippen molar-refractivity contribution in [1.82, 2.24) is 0 Å². The predicted octanol–water partition coefficient (Wildman–Crippen LogP) is 5.19. The van der Waals surface area contributed by atoms with Gasteiger partial charge >= 0.3 is 0 Å². The predicted molar refractivity (Wildman–Crippen MR) is 83.5 cm³/mol. The van der Waals surface area contributed by atoms with Crippen LogP contribution in [0.3, 0.4) is 0 Å². The molecule has 0 amide bonds. The monoisotopic (exact) mass is 336 g/mol. The van der Waals surface area contributed by atoms with E-state index >= 15 is 0 Å². The van der Waals surface area contributed by atoms with Gasteiger partial charge in [0.05, 0.1) is 0 Å². The summed E-state index contributed by atoms with van der Waals surface area (Å²) in [5, 5.41) is 0. The van der Waals surface area contributed by atoms with Crippen LogP contribution in [-0.4, -0.2) is 0 Å². The second kappa shape index (κ2) is 4.81. The van der Waals surface area contributed by atoms with Gasteiger partial charge in [0, 0.05) is 3.57 Å². The van der Waals surface area contributed by atoms with E-state index in [-0.39, 0.29) is 0 Å². The SMILES string of the molecule is Cc1ccc(-c2cc(C)c(C)cc2I)cc1C. The average molecular weight is 336 g/mol. The zero-order valence-corrected chi connectivity index (χ0v) is 12.9. The lowest BCUT2D eigenvalue weighted by molar-refractivity contribution is 1.31. The van der Waals surface area contributed by atoms with Gasteiger partial charge < -0.3 is 0 Å². The molecule has 0 atom stereocenters. The molecule has 0 spiro atoms. The number of halogens is 1. The number of rotatable bonds is 1. The van der Waals surface area contributed by atoms with Gasteiger partial charge in [-0.2, -0.15) is 0 Å². The third-order valence-electron chi connectivity index (χ3n) is 3.40. The number of aryl methyl sites for hydroxylation is 4. The first-order valence-corrected chi connectivity index (χ1v) is 6.91. The number of benzene rings is 2. The first kappa shape index (κ1) is 12.6. The number of hydrogen-bond donors (Lipinski definition) is 0. The molecule has 2 aromatic rings. The number of hydrogen-bond acceptors (Lipinski definition) is 0. The second-order valence-corrected chi connectivity index (χ2v) is 5.88. The Bertz CT molecular complexity index is 568. The van der Waals surface area contributed by atoms with Gasteiger partial charge in [-0.15, -0.1) is 0 Å². The summed E-state index contributed by atoms with van der Waals surface area (Å²) >= 11 is 2.43. The van der Waals surface area contributed by atoms with Gasteiger partial charge in [0.1, 0.15) is 0 Å². The molecule has 0 aliphatic heterocycles. The van der Waals surface area contributed by atoms with E-state index in [0.717, 1.165) is 0 Å². The maximum atomic E-state index is 2.43. The van der Waals surface area contributed by atoms with Gasteiger partial charge in [0.2, 0.25) is 0 Å². The molecule has 0 saturated heterocycles. The van der Waals surface area contributed by atoms with E-state index in [9.17, 15) is 0 Å². The minimum atomic E-state index is 1.32. The molecule has 17 heavy (non-hydrogen) atoms. The molecule has 88 valence electrons. The van der Waals surface area contributed by atoms with Crippen molar-refractivity contribution in [2.24, 2.45) is 0 Å². The van der Waals surface area contributed by atoms with Gasteiger partial charge in [-0.25, -0.2) is 0 Å². The van der Waals surface area contributed by atoms with E-state index in [1.165, 1.54) is 37.0 Å². The molecule has 2 aromatic carbocycles. The largest absolute Gasteiger partial charge is 0.0584 e. The highest BCUT2D eigenvalue weighted by molar-refractivity contribution is 14.1. The molecular weight excluding hydrogens is 319 g/mol. The van der Waals surface area contributed by atoms with Gasteiger partial charge in [0.25, 0.3) is 0 Å².